The van der Waals surface area contributed by atoms with E-state index >= 15 is 0 Å². The first-order chi connectivity index (χ1) is 13.9. The molecule has 0 aliphatic carbocycles. The van der Waals surface area contributed by atoms with Crippen LogP contribution in [0.5, 0.6) is 5.75 Å². The third-order valence-corrected chi connectivity index (χ3v) is 5.73. The first-order valence-electron chi connectivity index (χ1n) is 9.62. The lowest BCUT2D eigenvalue weighted by Crippen LogP contribution is -2.49. The first-order valence-corrected chi connectivity index (χ1v) is 9.62. The number of carboxylic acid groups (broad SMARTS) is 1. The molecular formula is C23H25NO5. The van der Waals surface area contributed by atoms with Crippen LogP contribution in [0, 0.1) is 0 Å². The summed E-state index contributed by atoms with van der Waals surface area (Å²) in [6.45, 7) is 2.22. The predicted molar refractivity (Wildman–Crippen MR) is 108 cm³/mol. The highest BCUT2D eigenvalue weighted by atomic mass is 16.5. The summed E-state index contributed by atoms with van der Waals surface area (Å²) in [4.78, 5) is 38.3. The Hall–Kier alpha value is -3.15. The summed E-state index contributed by atoms with van der Waals surface area (Å²) in [5, 5.41) is 9.90. The van der Waals surface area contributed by atoms with Gasteiger partial charge in [-0.05, 0) is 43.5 Å². The van der Waals surface area contributed by atoms with Gasteiger partial charge in [0.25, 0.3) is 0 Å². The van der Waals surface area contributed by atoms with Crippen molar-refractivity contribution < 1.29 is 24.2 Å². The van der Waals surface area contributed by atoms with Crippen molar-refractivity contribution in [3.63, 3.8) is 0 Å². The zero-order chi connectivity index (χ0) is 21.0. The second-order valence-corrected chi connectivity index (χ2v) is 7.39. The molecule has 1 amide bonds. The molecule has 0 radical (unpaired) electrons. The van der Waals surface area contributed by atoms with Crippen LogP contribution in [0.4, 0.5) is 0 Å². The molecule has 2 aromatic rings. The molecule has 0 aromatic heterocycles. The van der Waals surface area contributed by atoms with Crippen molar-refractivity contribution in [1.29, 1.82) is 0 Å². The summed E-state index contributed by atoms with van der Waals surface area (Å²) in [5.74, 6) is -0.472. The molecular weight excluding hydrogens is 370 g/mol. The summed E-state index contributed by atoms with van der Waals surface area (Å²) < 4.78 is 5.33. The molecule has 1 aliphatic rings. The number of hydrogen-bond acceptors (Lipinski definition) is 4. The lowest BCUT2D eigenvalue weighted by Gasteiger charge is -2.39. The minimum absolute atomic E-state index is 0.0755. The van der Waals surface area contributed by atoms with Crippen LogP contribution in [0.25, 0.3) is 0 Å². The van der Waals surface area contributed by atoms with Crippen molar-refractivity contribution in [3.8, 4) is 5.75 Å². The Bertz CT molecular complexity index is 914. The number of carboxylic acids is 1. The van der Waals surface area contributed by atoms with E-state index in [1.165, 1.54) is 14.0 Å². The molecule has 1 aliphatic heterocycles. The van der Waals surface area contributed by atoms with Crippen molar-refractivity contribution in [1.82, 2.24) is 4.90 Å². The highest BCUT2D eigenvalue weighted by molar-refractivity contribution is 5.94. The van der Waals surface area contributed by atoms with Gasteiger partial charge in [0.2, 0.25) is 5.91 Å². The number of piperidine rings is 1. The van der Waals surface area contributed by atoms with Gasteiger partial charge in [-0.3, -0.25) is 14.4 Å². The van der Waals surface area contributed by atoms with Crippen LogP contribution < -0.4 is 4.74 Å². The number of amides is 1. The number of carbonyl (C=O) groups is 3. The third kappa shape index (κ3) is 4.16. The molecule has 1 heterocycles. The van der Waals surface area contributed by atoms with E-state index in [9.17, 15) is 19.5 Å². The number of nitrogens with zero attached hydrogens (tertiary/aromatic N) is 1. The Kier molecular flexibility index (Phi) is 6.01. The van der Waals surface area contributed by atoms with Crippen LogP contribution in [-0.2, 0) is 21.4 Å². The van der Waals surface area contributed by atoms with Crippen molar-refractivity contribution >= 4 is 17.7 Å². The largest absolute Gasteiger partial charge is 0.496 e. The van der Waals surface area contributed by atoms with Crippen molar-refractivity contribution in [2.24, 2.45) is 0 Å². The Morgan fingerprint density at radius 2 is 1.72 bits per heavy atom. The second kappa shape index (κ2) is 8.47. The molecule has 29 heavy (non-hydrogen) atoms. The molecule has 3 rings (SSSR count). The lowest BCUT2D eigenvalue weighted by molar-refractivity contribution is -0.148. The van der Waals surface area contributed by atoms with Gasteiger partial charge in [0, 0.05) is 24.2 Å². The number of aliphatic carboxylic acids is 1. The van der Waals surface area contributed by atoms with Crippen LogP contribution >= 0.6 is 0 Å². The molecule has 152 valence electrons. The van der Waals surface area contributed by atoms with Gasteiger partial charge in [-0.25, -0.2) is 0 Å². The molecule has 6 heteroatoms. The number of rotatable bonds is 6. The molecule has 0 spiro atoms. The normalized spacial score (nSPS) is 15.6. The molecule has 0 saturated carbocycles. The molecule has 1 fully saturated rings. The zero-order valence-corrected chi connectivity index (χ0v) is 16.7. The molecule has 6 nitrogen and oxygen atoms in total. The Balaban J connectivity index is 1.74. The Labute approximate surface area is 170 Å². The van der Waals surface area contributed by atoms with E-state index in [1.54, 1.807) is 23.1 Å². The SMILES string of the molecule is COc1ccc(C(C)=O)cc1CC(=O)N1CCC(C(=O)O)(c2ccccc2)CC1. The third-order valence-electron chi connectivity index (χ3n) is 5.73. The van der Waals surface area contributed by atoms with E-state index in [2.05, 4.69) is 0 Å². The smallest absolute Gasteiger partial charge is 0.314 e. The van der Waals surface area contributed by atoms with E-state index in [0.717, 1.165) is 5.56 Å². The van der Waals surface area contributed by atoms with Crippen molar-refractivity contribution in [2.45, 2.75) is 31.6 Å². The molecule has 0 unspecified atom stereocenters. The van der Waals surface area contributed by atoms with Gasteiger partial charge in [-0.15, -0.1) is 0 Å². The van der Waals surface area contributed by atoms with E-state index in [-0.39, 0.29) is 18.1 Å². The van der Waals surface area contributed by atoms with Crippen LogP contribution in [0.15, 0.2) is 48.5 Å². The Morgan fingerprint density at radius 3 is 2.28 bits per heavy atom. The topological polar surface area (TPSA) is 83.9 Å². The second-order valence-electron chi connectivity index (χ2n) is 7.39. The van der Waals surface area contributed by atoms with Crippen LogP contribution in [-0.4, -0.2) is 47.9 Å². The number of carbonyl (C=O) groups excluding carboxylic acids is 2. The Morgan fingerprint density at radius 1 is 1.07 bits per heavy atom. The molecule has 2 aromatic carbocycles. The summed E-state index contributed by atoms with van der Waals surface area (Å²) >= 11 is 0. The zero-order valence-electron chi connectivity index (χ0n) is 16.7. The van der Waals surface area contributed by atoms with Gasteiger partial charge in [-0.1, -0.05) is 30.3 Å². The number of likely N-dealkylation sites (tertiary alicyclic amines) is 1. The fraction of sp³-hybridized carbons (Fsp3) is 0.348. The fourth-order valence-corrected chi connectivity index (χ4v) is 3.93. The minimum atomic E-state index is -0.968. The van der Waals surface area contributed by atoms with E-state index < -0.39 is 11.4 Å². The van der Waals surface area contributed by atoms with Crippen molar-refractivity contribution in [3.05, 3.63) is 65.2 Å². The molecule has 1 saturated heterocycles. The number of Topliss-reactive ketones (excluding diaryl/α,β-unsaturated/α-hetero) is 1. The first kappa shape index (κ1) is 20.6. The number of methoxy groups -OCH3 is 1. The average Bonchev–Trinajstić information content (AvgIpc) is 2.74. The van der Waals surface area contributed by atoms with E-state index in [1.807, 2.05) is 30.3 Å². The summed E-state index contributed by atoms with van der Waals surface area (Å²) in [5.41, 5.74) is 0.990. The molecule has 0 atom stereocenters. The van der Waals surface area contributed by atoms with Crippen molar-refractivity contribution in [2.75, 3.05) is 20.2 Å². The summed E-state index contributed by atoms with van der Waals surface area (Å²) in [6, 6.07) is 14.3. The average molecular weight is 395 g/mol. The number of hydrogen-bond donors (Lipinski definition) is 1. The maximum Gasteiger partial charge on any atom is 0.314 e. The lowest BCUT2D eigenvalue weighted by atomic mass is 9.73. The minimum Gasteiger partial charge on any atom is -0.496 e. The number of ketones is 1. The summed E-state index contributed by atoms with van der Waals surface area (Å²) in [7, 11) is 1.53. The van der Waals surface area contributed by atoms with Crippen LogP contribution in [0.2, 0.25) is 0 Å². The summed E-state index contributed by atoms with van der Waals surface area (Å²) in [6.07, 6.45) is 0.834. The standard InChI is InChI=1S/C23H25NO5/c1-16(25)17-8-9-20(29-2)18(14-17)15-21(26)24-12-10-23(11-13-24,22(27)28)19-6-4-3-5-7-19/h3-9,14H,10-13,15H2,1-2H3,(H,27,28). The maximum atomic E-state index is 12.9. The molecule has 0 bridgehead atoms. The van der Waals surface area contributed by atoms with Crippen LogP contribution in [0.3, 0.4) is 0 Å². The highest BCUT2D eigenvalue weighted by Crippen LogP contribution is 2.36. The number of benzene rings is 2. The van der Waals surface area contributed by atoms with Gasteiger partial charge in [0.1, 0.15) is 5.75 Å². The fourth-order valence-electron chi connectivity index (χ4n) is 3.93. The molecule has 1 N–H and O–H groups in total. The van der Waals surface area contributed by atoms with Gasteiger partial charge in [-0.2, -0.15) is 0 Å². The highest BCUT2D eigenvalue weighted by Gasteiger charge is 2.43. The van der Waals surface area contributed by atoms with Gasteiger partial charge < -0.3 is 14.7 Å². The van der Waals surface area contributed by atoms with E-state index in [4.69, 9.17) is 4.74 Å². The van der Waals surface area contributed by atoms with E-state index in [0.29, 0.717) is 42.8 Å². The van der Waals surface area contributed by atoms with Gasteiger partial charge in [0.15, 0.2) is 5.78 Å². The quantitative estimate of drug-likeness (QED) is 0.760. The van der Waals surface area contributed by atoms with Gasteiger partial charge >= 0.3 is 5.97 Å². The predicted octanol–water partition coefficient (Wildman–Crippen LogP) is 3.09. The van der Waals surface area contributed by atoms with Crippen LogP contribution in [0.1, 0.15) is 41.3 Å². The monoisotopic (exact) mass is 395 g/mol. The number of ether oxygens (including phenoxy) is 1. The maximum absolute atomic E-state index is 12.9. The van der Waals surface area contributed by atoms with Gasteiger partial charge in [0.05, 0.1) is 18.9 Å².